The minimum atomic E-state index is -0.474. The van der Waals surface area contributed by atoms with Gasteiger partial charge in [-0.2, -0.15) is 0 Å². The fourth-order valence-electron chi connectivity index (χ4n) is 8.72. The van der Waals surface area contributed by atoms with Crippen LogP contribution in [0.2, 0.25) is 0 Å². The van der Waals surface area contributed by atoms with Gasteiger partial charge in [0, 0.05) is 19.3 Å². The predicted molar refractivity (Wildman–Crippen MR) is 143 cm³/mol. The molecule has 4 heteroatoms. The second-order valence-electron chi connectivity index (χ2n) is 12.8. The second kappa shape index (κ2) is 11.9. The van der Waals surface area contributed by atoms with Crippen LogP contribution in [0.4, 0.5) is 0 Å². The van der Waals surface area contributed by atoms with Gasteiger partial charge in [0.15, 0.2) is 5.78 Å². The van der Waals surface area contributed by atoms with Gasteiger partial charge in [-0.1, -0.05) is 71.3 Å². The van der Waals surface area contributed by atoms with Crippen molar-refractivity contribution in [2.75, 3.05) is 6.61 Å². The summed E-state index contributed by atoms with van der Waals surface area (Å²) >= 11 is 0. The number of ketones is 2. The summed E-state index contributed by atoms with van der Waals surface area (Å²) in [5, 5.41) is 0. The molecule has 6 atom stereocenters. The lowest BCUT2D eigenvalue weighted by Crippen LogP contribution is -2.54. The van der Waals surface area contributed by atoms with Gasteiger partial charge in [-0.25, -0.2) is 0 Å². The van der Waals surface area contributed by atoms with Gasteiger partial charge in [-0.3, -0.25) is 14.4 Å². The molecule has 0 unspecified atom stereocenters. The largest absolute Gasteiger partial charge is 0.465 e. The van der Waals surface area contributed by atoms with E-state index in [-0.39, 0.29) is 11.4 Å². The zero-order chi connectivity index (χ0) is 25.8. The third-order valence-corrected chi connectivity index (χ3v) is 10.7. The Hall–Kier alpha value is -1.45. The summed E-state index contributed by atoms with van der Waals surface area (Å²) in [6, 6.07) is 0. The van der Waals surface area contributed by atoms with E-state index in [9.17, 15) is 14.4 Å². The summed E-state index contributed by atoms with van der Waals surface area (Å²) in [4.78, 5) is 38.5. The standard InChI is InChI=1S/C32H50O4/c1-4-6-8-9-10-11-12-23-20-28(34)32(22-36-29(35)13-7-5-2)19-17-27-26(30(23)32)15-14-24-21-25(33)16-18-31(24,27)3/h21,23,26-27,30H,4-20,22H2,1-3H3/t23-,26+,27-,30-,31-,32-/m0/s1. The highest BCUT2D eigenvalue weighted by atomic mass is 16.5. The predicted octanol–water partition coefficient (Wildman–Crippen LogP) is 7.78. The Morgan fingerprint density at radius 1 is 0.972 bits per heavy atom. The van der Waals surface area contributed by atoms with Crippen LogP contribution in [0.3, 0.4) is 0 Å². The van der Waals surface area contributed by atoms with Gasteiger partial charge < -0.3 is 4.74 Å². The molecule has 0 aromatic rings. The molecule has 4 aliphatic rings. The van der Waals surface area contributed by atoms with E-state index in [2.05, 4.69) is 20.8 Å². The molecule has 0 aliphatic heterocycles. The van der Waals surface area contributed by atoms with Crippen LogP contribution in [-0.4, -0.2) is 24.1 Å². The van der Waals surface area contributed by atoms with E-state index in [1.807, 2.05) is 6.08 Å². The zero-order valence-electron chi connectivity index (χ0n) is 23.2. The number of unbranched alkanes of at least 4 members (excludes halogenated alkanes) is 6. The number of Topliss-reactive ketones (excluding diaryl/α,β-unsaturated/α-hetero) is 1. The molecule has 0 bridgehead atoms. The van der Waals surface area contributed by atoms with Crippen molar-refractivity contribution >= 4 is 17.5 Å². The number of hydrogen-bond acceptors (Lipinski definition) is 4. The number of fused-ring (bicyclic) bond motifs is 5. The van der Waals surface area contributed by atoms with Gasteiger partial charge in [-0.05, 0) is 80.1 Å². The normalized spacial score (nSPS) is 35.6. The highest BCUT2D eigenvalue weighted by molar-refractivity contribution is 5.92. The molecule has 3 saturated carbocycles. The monoisotopic (exact) mass is 498 g/mol. The number of hydrogen-bond donors (Lipinski definition) is 0. The Kier molecular flexibility index (Phi) is 9.15. The fourth-order valence-corrected chi connectivity index (χ4v) is 8.72. The summed E-state index contributed by atoms with van der Waals surface area (Å²) in [5.41, 5.74) is 0.991. The van der Waals surface area contributed by atoms with Gasteiger partial charge in [0.1, 0.15) is 12.4 Å². The average molecular weight is 499 g/mol. The molecule has 36 heavy (non-hydrogen) atoms. The maximum absolute atomic E-state index is 13.8. The number of ether oxygens (including phenoxy) is 1. The second-order valence-corrected chi connectivity index (χ2v) is 12.8. The topological polar surface area (TPSA) is 60.4 Å². The van der Waals surface area contributed by atoms with Gasteiger partial charge in [0.05, 0.1) is 5.41 Å². The molecule has 4 rings (SSSR count). The molecular formula is C32H50O4. The Morgan fingerprint density at radius 2 is 1.72 bits per heavy atom. The quantitative estimate of drug-likeness (QED) is 0.204. The lowest BCUT2D eigenvalue weighted by Gasteiger charge is -2.58. The zero-order valence-corrected chi connectivity index (χ0v) is 23.2. The minimum Gasteiger partial charge on any atom is -0.465 e. The Labute approximate surface area is 219 Å². The van der Waals surface area contributed by atoms with Gasteiger partial charge >= 0.3 is 5.97 Å². The molecule has 0 amide bonds. The first kappa shape index (κ1) is 27.6. The fraction of sp³-hybridized carbons (Fsp3) is 0.844. The molecule has 0 aromatic heterocycles. The summed E-state index contributed by atoms with van der Waals surface area (Å²) in [6.07, 6.45) is 19.3. The Balaban J connectivity index is 1.54. The van der Waals surface area contributed by atoms with Crippen LogP contribution < -0.4 is 0 Å². The summed E-state index contributed by atoms with van der Waals surface area (Å²) in [5.74, 6) is 2.32. The van der Waals surface area contributed by atoms with E-state index in [0.29, 0.717) is 61.1 Å². The number of carbonyl (C=O) groups is 3. The van der Waals surface area contributed by atoms with Crippen molar-refractivity contribution in [2.24, 2.45) is 34.5 Å². The third kappa shape index (κ3) is 5.39. The number of esters is 1. The average Bonchev–Trinajstić information content (AvgIpc) is 3.15. The smallest absolute Gasteiger partial charge is 0.305 e. The molecule has 3 fully saturated rings. The molecule has 0 spiro atoms. The van der Waals surface area contributed by atoms with Crippen LogP contribution in [0.5, 0.6) is 0 Å². The van der Waals surface area contributed by atoms with E-state index in [0.717, 1.165) is 51.4 Å². The van der Waals surface area contributed by atoms with Crippen LogP contribution in [0.25, 0.3) is 0 Å². The maximum Gasteiger partial charge on any atom is 0.305 e. The minimum absolute atomic E-state index is 0.0944. The van der Waals surface area contributed by atoms with Gasteiger partial charge in [0.2, 0.25) is 0 Å². The van der Waals surface area contributed by atoms with E-state index in [4.69, 9.17) is 4.74 Å². The van der Waals surface area contributed by atoms with Crippen molar-refractivity contribution in [3.63, 3.8) is 0 Å². The van der Waals surface area contributed by atoms with E-state index in [1.54, 1.807) is 0 Å². The van der Waals surface area contributed by atoms with Gasteiger partial charge in [0.25, 0.3) is 0 Å². The van der Waals surface area contributed by atoms with Crippen LogP contribution in [0.15, 0.2) is 11.6 Å². The van der Waals surface area contributed by atoms with Crippen LogP contribution in [-0.2, 0) is 19.1 Å². The van der Waals surface area contributed by atoms with Crippen molar-refractivity contribution in [1.29, 1.82) is 0 Å². The highest BCUT2D eigenvalue weighted by Gasteiger charge is 2.64. The number of rotatable bonds is 12. The van der Waals surface area contributed by atoms with Crippen molar-refractivity contribution in [2.45, 2.75) is 130 Å². The molecule has 0 saturated heterocycles. The van der Waals surface area contributed by atoms with Crippen molar-refractivity contribution in [3.8, 4) is 0 Å². The van der Waals surface area contributed by atoms with E-state index < -0.39 is 5.41 Å². The molecule has 0 radical (unpaired) electrons. The van der Waals surface area contributed by atoms with Crippen LogP contribution >= 0.6 is 0 Å². The summed E-state index contributed by atoms with van der Waals surface area (Å²) in [6.45, 7) is 7.04. The molecule has 4 aliphatic carbocycles. The number of carbonyl (C=O) groups excluding carboxylic acids is 3. The van der Waals surface area contributed by atoms with Crippen LogP contribution in [0.1, 0.15) is 130 Å². The number of allylic oxidation sites excluding steroid dienone is 1. The molecular weight excluding hydrogens is 448 g/mol. The third-order valence-electron chi connectivity index (χ3n) is 10.7. The lowest BCUT2D eigenvalue weighted by atomic mass is 9.46. The van der Waals surface area contributed by atoms with Crippen molar-refractivity contribution < 1.29 is 19.1 Å². The van der Waals surface area contributed by atoms with E-state index in [1.165, 1.54) is 44.1 Å². The highest BCUT2D eigenvalue weighted by Crippen LogP contribution is 2.66. The van der Waals surface area contributed by atoms with Crippen molar-refractivity contribution in [3.05, 3.63) is 11.6 Å². The van der Waals surface area contributed by atoms with Gasteiger partial charge in [-0.15, -0.1) is 0 Å². The lowest BCUT2D eigenvalue weighted by molar-refractivity contribution is -0.158. The molecule has 4 nitrogen and oxygen atoms in total. The maximum atomic E-state index is 13.8. The molecule has 0 heterocycles. The van der Waals surface area contributed by atoms with E-state index >= 15 is 0 Å². The molecule has 202 valence electrons. The Morgan fingerprint density at radius 3 is 2.50 bits per heavy atom. The first-order chi connectivity index (χ1) is 17.4. The Bertz CT molecular complexity index is 843. The molecule has 0 aromatic carbocycles. The van der Waals surface area contributed by atoms with Crippen LogP contribution in [0, 0.1) is 34.5 Å². The summed E-state index contributed by atoms with van der Waals surface area (Å²) in [7, 11) is 0. The summed E-state index contributed by atoms with van der Waals surface area (Å²) < 4.78 is 5.89. The van der Waals surface area contributed by atoms with Crippen molar-refractivity contribution in [1.82, 2.24) is 0 Å². The first-order valence-electron chi connectivity index (χ1n) is 15.3. The SMILES string of the molecule is CCCCCCCC[C@H]1CC(=O)[C@@]2(COC(=O)CCCC)CC[C@H]3[C@@H](CCC4=CC(=O)CC[C@@]43C)[C@H]12. The molecule has 0 N–H and O–H groups in total. The first-order valence-corrected chi connectivity index (χ1v) is 15.3.